The highest BCUT2D eigenvalue weighted by Gasteiger charge is 2.29. The van der Waals surface area contributed by atoms with Gasteiger partial charge in [0.05, 0.1) is 0 Å². The molecular weight excluding hydrogens is 624 g/mol. The van der Waals surface area contributed by atoms with Gasteiger partial charge in [0, 0.05) is 0 Å². The van der Waals surface area contributed by atoms with Gasteiger partial charge in [-0.25, -0.2) is 0 Å². The molecule has 0 fully saturated rings. The van der Waals surface area contributed by atoms with Crippen LogP contribution in [-0.2, 0) is 0 Å². The largest absolute Gasteiger partial charge is 0.337 e. The van der Waals surface area contributed by atoms with Gasteiger partial charge in [-0.15, -0.1) is 24.9 Å². The number of aromatic nitrogens is 5. The number of halogens is 9. The van der Waals surface area contributed by atoms with Crippen molar-refractivity contribution in [1.82, 2.24) is 19.9 Å². The van der Waals surface area contributed by atoms with Crippen LogP contribution in [-0.4, -0.2) is 25.9 Å². The minimum absolute atomic E-state index is 0.0246. The molecule has 0 unspecified atom stereocenters. The lowest BCUT2D eigenvalue weighted by molar-refractivity contribution is -0.494. The van der Waals surface area contributed by atoms with Crippen molar-refractivity contribution in [2.24, 2.45) is 19.2 Å². The van der Waals surface area contributed by atoms with Gasteiger partial charge in [0.15, 0.2) is 0 Å². The van der Waals surface area contributed by atoms with E-state index in [9.17, 15) is 0 Å². The van der Waals surface area contributed by atoms with Crippen molar-refractivity contribution in [3.8, 4) is 0 Å². The van der Waals surface area contributed by atoms with Crippen LogP contribution in [0.2, 0.25) is 0 Å². The van der Waals surface area contributed by atoms with E-state index in [1.54, 1.807) is 0 Å². The minimum atomic E-state index is -3.20. The standard InChI is InChI=1S/C6Cl9N10P3/c7-26(8,9)22-1-16-4-18-2(23-27(10,11)12)20-6-21-3(24-28(13,14)15)19-5(17-1)25(4)6/p+1. The maximum Gasteiger partial charge on any atom is 0.337 e. The van der Waals surface area contributed by atoms with Gasteiger partial charge >= 0.3 is 29.6 Å². The highest BCUT2D eigenvalue weighted by Crippen LogP contribution is 2.67. The molecule has 0 saturated heterocycles. The summed E-state index contributed by atoms with van der Waals surface area (Å²) in [6.45, 7) is 0. The Hall–Kier alpha value is 1.12. The molecule has 1 aliphatic rings. The van der Waals surface area contributed by atoms with Gasteiger partial charge in [-0.1, -0.05) is 0 Å². The number of hydrogen-bond acceptors (Lipinski definition) is 9. The fourth-order valence-corrected chi connectivity index (χ4v) is 4.50. The average molecular weight is 625 g/mol. The molecule has 0 atom stereocenters. The minimum Gasteiger partial charge on any atom is -0.250 e. The number of rotatable bonds is 2. The normalized spacial score (nSPS) is 14.4. The molecule has 0 amide bonds. The summed E-state index contributed by atoms with van der Waals surface area (Å²) < 4.78 is 12.8. The predicted molar refractivity (Wildman–Crippen MR) is 122 cm³/mol. The summed E-state index contributed by atoms with van der Waals surface area (Å²) in [5, 5.41) is -6.84. The van der Waals surface area contributed by atoms with Gasteiger partial charge in [0.25, 0.3) is 5.96 Å². The molecular formula is C6HCl9N10P3+. The Kier molecular flexibility index (Phi) is 7.28. The van der Waals surface area contributed by atoms with E-state index in [2.05, 4.69) is 44.5 Å². The third kappa shape index (κ3) is 6.81. The molecule has 0 aromatic carbocycles. The Labute approximate surface area is 199 Å². The van der Waals surface area contributed by atoms with Gasteiger partial charge in [0.2, 0.25) is 15.3 Å². The highest BCUT2D eigenvalue weighted by molar-refractivity contribution is 8.27. The second-order valence-corrected chi connectivity index (χ2v) is 25.4. The van der Waals surface area contributed by atoms with E-state index in [1.165, 1.54) is 4.40 Å². The Balaban J connectivity index is 2.34. The maximum atomic E-state index is 5.78. The summed E-state index contributed by atoms with van der Waals surface area (Å²) in [7, 11) is 0. The summed E-state index contributed by atoms with van der Waals surface area (Å²) in [6.07, 6.45) is 0. The monoisotopic (exact) mass is 621 g/mol. The van der Waals surface area contributed by atoms with Gasteiger partial charge < -0.3 is 0 Å². The number of nitrogens with zero attached hydrogens (tertiary/aromatic N) is 9. The van der Waals surface area contributed by atoms with E-state index in [1.807, 2.05) is 0 Å². The maximum absolute atomic E-state index is 5.78. The van der Waals surface area contributed by atoms with Crippen LogP contribution in [0.3, 0.4) is 0 Å². The fourth-order valence-electron chi connectivity index (χ4n) is 1.75. The van der Waals surface area contributed by atoms with Crippen molar-refractivity contribution >= 4 is 152 Å². The Morgan fingerprint density at radius 3 is 1.68 bits per heavy atom. The summed E-state index contributed by atoms with van der Waals surface area (Å²) in [5.41, 5.74) is 0. The van der Waals surface area contributed by atoms with Gasteiger partial charge in [-0.05, 0) is 101 Å². The number of anilines is 1. The Morgan fingerprint density at radius 2 is 1.18 bits per heavy atom. The summed E-state index contributed by atoms with van der Waals surface area (Å²) in [6, 6.07) is 0. The number of nitrogens with one attached hydrogen (secondary N) is 1. The van der Waals surface area contributed by atoms with Crippen LogP contribution in [0, 0.1) is 0 Å². The molecule has 3 heterocycles. The molecule has 1 N–H and O–H groups in total. The smallest absolute Gasteiger partial charge is 0.250 e. The third-order valence-electron chi connectivity index (χ3n) is 2.46. The first-order chi connectivity index (χ1) is 12.7. The van der Waals surface area contributed by atoms with Crippen LogP contribution in [0.15, 0.2) is 19.2 Å². The first-order valence-corrected chi connectivity index (χ1v) is 19.6. The number of hydrogen-bond donors (Lipinski definition) is 1. The summed E-state index contributed by atoms with van der Waals surface area (Å²) in [5.74, 6) is -0.487. The molecule has 0 aliphatic carbocycles. The Bertz CT molecular complexity index is 1150. The van der Waals surface area contributed by atoms with Crippen molar-refractivity contribution in [3.63, 3.8) is 0 Å². The van der Waals surface area contributed by atoms with Crippen molar-refractivity contribution in [2.75, 3.05) is 5.32 Å². The lowest BCUT2D eigenvalue weighted by Crippen LogP contribution is -2.37. The van der Waals surface area contributed by atoms with Crippen molar-refractivity contribution in [2.45, 2.75) is 0 Å². The van der Waals surface area contributed by atoms with Crippen LogP contribution < -0.4 is 9.72 Å². The second-order valence-electron chi connectivity index (χ2n) is 4.42. The summed E-state index contributed by atoms with van der Waals surface area (Å²) in [4.78, 5) is 20.4. The van der Waals surface area contributed by atoms with Crippen LogP contribution in [0.1, 0.15) is 0 Å². The quantitative estimate of drug-likeness (QED) is 0.265. The molecule has 152 valence electrons. The molecule has 0 spiro atoms. The van der Waals surface area contributed by atoms with Crippen LogP contribution >= 0.6 is 117 Å². The van der Waals surface area contributed by atoms with E-state index in [-0.39, 0.29) is 35.5 Å². The highest BCUT2D eigenvalue weighted by atomic mass is 36.1. The molecule has 0 bridgehead atoms. The van der Waals surface area contributed by atoms with Crippen molar-refractivity contribution < 1.29 is 4.40 Å². The van der Waals surface area contributed by atoms with Crippen LogP contribution in [0.25, 0.3) is 5.78 Å². The van der Waals surface area contributed by atoms with Gasteiger partial charge in [-0.2, -0.15) is 18.6 Å². The lowest BCUT2D eigenvalue weighted by Gasteiger charge is -2.11. The fraction of sp³-hybridized carbons (Fsp3) is 0. The van der Waals surface area contributed by atoms with E-state index in [4.69, 9.17) is 101 Å². The zero-order valence-corrected chi connectivity index (χ0v) is 21.8. The third-order valence-corrected chi connectivity index (χ3v) is 5.73. The predicted octanol–water partition coefficient (Wildman–Crippen LogP) is 8.67. The molecule has 1 aliphatic heterocycles. The Morgan fingerprint density at radius 1 is 0.679 bits per heavy atom. The average Bonchev–Trinajstić information content (AvgIpc) is 2.40. The van der Waals surface area contributed by atoms with E-state index >= 15 is 0 Å². The summed E-state index contributed by atoms with van der Waals surface area (Å²) >= 11 is 52.0. The number of aliphatic imine (C=N–C) groups is 1. The molecule has 2 aromatic rings. The van der Waals surface area contributed by atoms with Gasteiger partial charge in [0.1, 0.15) is 0 Å². The van der Waals surface area contributed by atoms with E-state index in [0.717, 1.165) is 0 Å². The lowest BCUT2D eigenvalue weighted by atomic mass is 10.6. The first-order valence-electron chi connectivity index (χ1n) is 6.20. The van der Waals surface area contributed by atoms with Crippen molar-refractivity contribution in [1.29, 1.82) is 0 Å². The van der Waals surface area contributed by atoms with Gasteiger partial charge in [-0.3, -0.25) is 5.32 Å². The zero-order chi connectivity index (χ0) is 20.9. The SMILES string of the molecule is ClP(Cl)(Cl)=NC1=Nc2nc(N=P(Cl)(Cl)Cl)nc3nc(N=P(Cl)(Cl)Cl)nc([n+]23)N1. The van der Waals surface area contributed by atoms with Crippen LogP contribution in [0.5, 0.6) is 0 Å². The molecule has 2 aromatic heterocycles. The molecule has 0 radical (unpaired) electrons. The first kappa shape index (κ1) is 23.8. The molecule has 28 heavy (non-hydrogen) atoms. The van der Waals surface area contributed by atoms with Crippen LogP contribution in [0.4, 0.5) is 23.8 Å². The molecule has 0 saturated carbocycles. The zero-order valence-electron chi connectivity index (χ0n) is 12.3. The van der Waals surface area contributed by atoms with Crippen molar-refractivity contribution in [3.05, 3.63) is 0 Å². The molecule has 3 rings (SSSR count). The molecule has 10 nitrogen and oxygen atoms in total. The van der Waals surface area contributed by atoms with E-state index in [0.29, 0.717) is 0 Å². The second kappa shape index (κ2) is 8.57. The molecule has 22 heteroatoms. The topological polar surface area (TPSA) is 117 Å². The van der Waals surface area contributed by atoms with E-state index < -0.39 is 15.3 Å². The number of guanidine groups is 1.